The topological polar surface area (TPSA) is 76.4 Å². The lowest BCUT2D eigenvalue weighted by Crippen LogP contribution is -2.15. The summed E-state index contributed by atoms with van der Waals surface area (Å²) in [5, 5.41) is 6.15. The maximum absolute atomic E-state index is 12.9. The Morgan fingerprint density at radius 3 is 2.38 bits per heavy atom. The highest BCUT2D eigenvalue weighted by molar-refractivity contribution is 9.10. The van der Waals surface area contributed by atoms with Crippen molar-refractivity contribution in [3.63, 3.8) is 0 Å². The fourth-order valence-electron chi connectivity index (χ4n) is 3.05. The van der Waals surface area contributed by atoms with Crippen molar-refractivity contribution >= 4 is 62.1 Å². The lowest BCUT2D eigenvalue weighted by atomic mass is 10.1. The number of carbonyl (C=O) groups excluding carboxylic acids is 1. The Morgan fingerprint density at radius 1 is 1.06 bits per heavy atom. The van der Waals surface area contributed by atoms with Gasteiger partial charge in [-0.25, -0.2) is 8.78 Å². The fraction of sp³-hybridized carbons (Fsp3) is 0.125. The normalized spacial score (nSPS) is 10.8. The van der Waals surface area contributed by atoms with E-state index >= 15 is 0 Å². The Kier molecular flexibility index (Phi) is 8.90. The largest absolute Gasteiger partial charge is 0.487 e. The quantitative estimate of drug-likeness (QED) is 0.254. The average Bonchev–Trinajstić information content (AvgIpc) is 2.79. The standard InChI is InChI=1S/C24H20BrCl2F2N3O2/c1-13(31-16-5-3-15(25)4-6-16)18-10-17(7-9-20(18)34-12-21(28)29)32-24(33)22-19(26)8-2-14(11-30)23(22)27/h2-10,21,31H,1,11-12,30H2,(H,32,33). The summed E-state index contributed by atoms with van der Waals surface area (Å²) in [6.07, 6.45) is -2.65. The van der Waals surface area contributed by atoms with E-state index < -0.39 is 18.9 Å². The maximum atomic E-state index is 12.9. The van der Waals surface area contributed by atoms with Gasteiger partial charge in [-0.2, -0.15) is 0 Å². The minimum absolute atomic E-state index is 0.0812. The molecule has 0 fully saturated rings. The zero-order valence-electron chi connectivity index (χ0n) is 17.7. The van der Waals surface area contributed by atoms with Crippen LogP contribution in [0.25, 0.3) is 5.70 Å². The first-order valence-electron chi connectivity index (χ1n) is 9.94. The SMILES string of the molecule is C=C(Nc1ccc(Br)cc1)c1cc(NC(=O)c2c(Cl)ccc(CN)c2Cl)ccc1OCC(F)F. The number of nitrogens with two attached hydrogens (primary N) is 1. The van der Waals surface area contributed by atoms with Gasteiger partial charge in [0.2, 0.25) is 0 Å². The number of alkyl halides is 2. The van der Waals surface area contributed by atoms with E-state index in [2.05, 4.69) is 33.1 Å². The van der Waals surface area contributed by atoms with Crippen molar-refractivity contribution < 1.29 is 18.3 Å². The van der Waals surface area contributed by atoms with Crippen LogP contribution in [0.15, 0.2) is 65.6 Å². The van der Waals surface area contributed by atoms with E-state index in [9.17, 15) is 13.6 Å². The lowest BCUT2D eigenvalue weighted by Gasteiger charge is -2.17. The smallest absolute Gasteiger partial charge is 0.272 e. The van der Waals surface area contributed by atoms with Crippen molar-refractivity contribution in [1.29, 1.82) is 0 Å². The molecule has 5 nitrogen and oxygen atoms in total. The molecule has 4 N–H and O–H groups in total. The molecule has 10 heteroatoms. The van der Waals surface area contributed by atoms with Crippen molar-refractivity contribution in [2.75, 3.05) is 17.2 Å². The second-order valence-electron chi connectivity index (χ2n) is 7.08. The van der Waals surface area contributed by atoms with Crippen LogP contribution in [0.1, 0.15) is 21.5 Å². The minimum atomic E-state index is -2.65. The highest BCUT2D eigenvalue weighted by atomic mass is 79.9. The predicted octanol–water partition coefficient (Wildman–Crippen LogP) is 7.19. The Balaban J connectivity index is 1.91. The first-order chi connectivity index (χ1) is 16.2. The van der Waals surface area contributed by atoms with Crippen LogP contribution in [0, 0.1) is 0 Å². The summed E-state index contributed by atoms with van der Waals surface area (Å²) in [5.74, 6) is -0.377. The van der Waals surface area contributed by atoms with Gasteiger partial charge in [-0.15, -0.1) is 0 Å². The molecule has 0 heterocycles. The van der Waals surface area contributed by atoms with Crippen LogP contribution in [0.5, 0.6) is 5.75 Å². The summed E-state index contributed by atoms with van der Waals surface area (Å²) < 4.78 is 31.7. The number of hydrogen-bond donors (Lipinski definition) is 3. The number of rotatable bonds is 9. The van der Waals surface area contributed by atoms with Crippen molar-refractivity contribution in [2.24, 2.45) is 5.73 Å². The third-order valence-corrected chi connectivity index (χ3v) is 5.96. The number of anilines is 2. The third-order valence-electron chi connectivity index (χ3n) is 4.68. The number of hydrogen-bond acceptors (Lipinski definition) is 4. The second kappa shape index (κ2) is 11.7. The maximum Gasteiger partial charge on any atom is 0.272 e. The molecule has 0 aliphatic carbocycles. The molecule has 0 atom stereocenters. The van der Waals surface area contributed by atoms with E-state index in [4.69, 9.17) is 33.7 Å². The molecule has 178 valence electrons. The number of nitrogens with one attached hydrogen (secondary N) is 2. The Morgan fingerprint density at radius 2 is 1.74 bits per heavy atom. The first kappa shape index (κ1) is 26.0. The summed E-state index contributed by atoms with van der Waals surface area (Å²) in [5.41, 5.74) is 8.16. The van der Waals surface area contributed by atoms with Crippen LogP contribution in [-0.2, 0) is 6.54 Å². The van der Waals surface area contributed by atoms with Crippen LogP contribution in [0.3, 0.4) is 0 Å². The molecule has 0 saturated heterocycles. The van der Waals surface area contributed by atoms with Crippen molar-refractivity contribution in [3.8, 4) is 5.75 Å². The monoisotopic (exact) mass is 569 g/mol. The van der Waals surface area contributed by atoms with Gasteiger partial charge in [0.25, 0.3) is 12.3 Å². The van der Waals surface area contributed by atoms with E-state index in [1.165, 1.54) is 12.1 Å². The summed E-state index contributed by atoms with van der Waals surface area (Å²) in [4.78, 5) is 12.9. The molecular weight excluding hydrogens is 551 g/mol. The van der Waals surface area contributed by atoms with Crippen LogP contribution < -0.4 is 21.1 Å². The molecule has 1 amide bonds. The van der Waals surface area contributed by atoms with Crippen LogP contribution in [0.2, 0.25) is 10.0 Å². The average molecular weight is 571 g/mol. The molecule has 0 radical (unpaired) electrons. The molecule has 0 saturated carbocycles. The molecule has 0 unspecified atom stereocenters. The summed E-state index contributed by atoms with van der Waals surface area (Å²) in [6.45, 7) is 3.35. The molecule has 0 aliphatic heterocycles. The van der Waals surface area contributed by atoms with Crippen molar-refractivity contribution in [3.05, 3.63) is 92.4 Å². The number of ether oxygens (including phenoxy) is 1. The third kappa shape index (κ3) is 6.48. The molecule has 3 aromatic carbocycles. The van der Waals surface area contributed by atoms with Gasteiger partial charge in [0.1, 0.15) is 12.4 Å². The van der Waals surface area contributed by atoms with E-state index in [1.807, 2.05) is 24.3 Å². The highest BCUT2D eigenvalue weighted by Gasteiger charge is 2.19. The van der Waals surface area contributed by atoms with Crippen LogP contribution >= 0.6 is 39.1 Å². The number of halogens is 5. The van der Waals surface area contributed by atoms with Gasteiger partial charge < -0.3 is 21.1 Å². The number of carbonyl (C=O) groups is 1. The molecule has 0 aromatic heterocycles. The van der Waals surface area contributed by atoms with E-state index in [0.717, 1.165) is 10.2 Å². The van der Waals surface area contributed by atoms with Gasteiger partial charge in [-0.05, 0) is 54.1 Å². The minimum Gasteiger partial charge on any atom is -0.487 e. The molecule has 0 bridgehead atoms. The molecule has 0 aliphatic rings. The Hall–Kier alpha value is -2.65. The van der Waals surface area contributed by atoms with Crippen LogP contribution in [0.4, 0.5) is 20.2 Å². The molecule has 34 heavy (non-hydrogen) atoms. The highest BCUT2D eigenvalue weighted by Crippen LogP contribution is 2.32. The Labute approximate surface area is 214 Å². The summed E-state index contributed by atoms with van der Waals surface area (Å²) in [7, 11) is 0. The molecule has 3 aromatic rings. The zero-order valence-corrected chi connectivity index (χ0v) is 20.8. The lowest BCUT2D eigenvalue weighted by molar-refractivity contribution is 0.0818. The first-order valence-corrected chi connectivity index (χ1v) is 11.5. The number of amides is 1. The van der Waals surface area contributed by atoms with E-state index in [0.29, 0.717) is 22.5 Å². The van der Waals surface area contributed by atoms with Gasteiger partial charge in [-0.3, -0.25) is 4.79 Å². The van der Waals surface area contributed by atoms with Gasteiger partial charge >= 0.3 is 0 Å². The van der Waals surface area contributed by atoms with Crippen LogP contribution in [-0.4, -0.2) is 18.9 Å². The molecule has 3 rings (SSSR count). The van der Waals surface area contributed by atoms with E-state index in [1.54, 1.807) is 18.2 Å². The Bertz CT molecular complexity index is 1210. The van der Waals surface area contributed by atoms with Gasteiger partial charge in [0.15, 0.2) is 0 Å². The van der Waals surface area contributed by atoms with Crippen molar-refractivity contribution in [1.82, 2.24) is 0 Å². The predicted molar refractivity (Wildman–Crippen MR) is 137 cm³/mol. The summed E-state index contributed by atoms with van der Waals surface area (Å²) >= 11 is 15.9. The number of benzene rings is 3. The van der Waals surface area contributed by atoms with E-state index in [-0.39, 0.29) is 27.9 Å². The molecular formula is C24H20BrCl2F2N3O2. The zero-order chi connectivity index (χ0) is 24.8. The summed E-state index contributed by atoms with van der Waals surface area (Å²) in [6, 6.07) is 15.0. The van der Waals surface area contributed by atoms with Crippen molar-refractivity contribution in [2.45, 2.75) is 13.0 Å². The fourth-order valence-corrected chi connectivity index (χ4v) is 3.94. The second-order valence-corrected chi connectivity index (χ2v) is 8.78. The molecule has 0 spiro atoms. The van der Waals surface area contributed by atoms with Gasteiger partial charge in [0.05, 0.1) is 15.6 Å². The van der Waals surface area contributed by atoms with Gasteiger partial charge in [0, 0.05) is 33.7 Å². The van der Waals surface area contributed by atoms with Gasteiger partial charge in [-0.1, -0.05) is 51.8 Å².